The zero-order valence-corrected chi connectivity index (χ0v) is 22.5. The molecule has 0 aliphatic rings. The molecule has 0 saturated heterocycles. The molecule has 0 unspecified atom stereocenters. The fraction of sp³-hybridized carbons (Fsp3) is 0.792. The first-order chi connectivity index (χ1) is 15.0. The van der Waals surface area contributed by atoms with Crippen LogP contribution in [0.3, 0.4) is 0 Å². The smallest absolute Gasteiger partial charge is 0.330 e. The van der Waals surface area contributed by atoms with E-state index < -0.39 is 32.6 Å². The Morgan fingerprint density at radius 1 is 1.00 bits per heavy atom. The summed E-state index contributed by atoms with van der Waals surface area (Å²) in [5, 5.41) is -0.0649. The van der Waals surface area contributed by atoms with Crippen molar-refractivity contribution in [3.05, 3.63) is 25.3 Å². The van der Waals surface area contributed by atoms with Gasteiger partial charge in [-0.15, -0.1) is 6.58 Å². The standard InChI is InChI=1S/C24H46O7Si/c1-11-14-16-19(28-17-26-7)22(29-18-27-8)23(31-32(9,10)24(4,5)6)20(15-12-2)30-21(25)13-3/h12-13,19-20,22-23H,2-3,11,14-18H2,1,4-10H3/t19-,20+,22+,23+/m0/s1. The van der Waals surface area contributed by atoms with E-state index in [2.05, 4.69) is 53.9 Å². The first kappa shape index (κ1) is 31.0. The molecular weight excluding hydrogens is 428 g/mol. The van der Waals surface area contributed by atoms with Gasteiger partial charge in [0, 0.05) is 26.7 Å². The van der Waals surface area contributed by atoms with Crippen molar-refractivity contribution in [2.45, 2.75) is 95.9 Å². The molecule has 0 spiro atoms. The molecule has 4 atom stereocenters. The summed E-state index contributed by atoms with van der Waals surface area (Å²) in [6, 6.07) is 0. The van der Waals surface area contributed by atoms with Crippen LogP contribution in [0.2, 0.25) is 18.1 Å². The maximum atomic E-state index is 12.2. The number of hydrogen-bond acceptors (Lipinski definition) is 7. The fourth-order valence-electron chi connectivity index (χ4n) is 2.95. The van der Waals surface area contributed by atoms with Crippen LogP contribution in [0.25, 0.3) is 0 Å². The van der Waals surface area contributed by atoms with Crippen molar-refractivity contribution >= 4 is 14.3 Å². The Kier molecular flexibility index (Phi) is 15.2. The number of rotatable bonds is 18. The topological polar surface area (TPSA) is 72.5 Å². The SMILES string of the molecule is C=CC[C@@H](OC(=O)C=C)[C@@H](O[Si](C)(C)C(C)(C)C)[C@H](OCOC)[C@H](CCCC)OCOC. The summed E-state index contributed by atoms with van der Waals surface area (Å²) in [6.07, 6.45) is 3.84. The van der Waals surface area contributed by atoms with E-state index >= 15 is 0 Å². The van der Waals surface area contributed by atoms with Crippen LogP contribution in [0.4, 0.5) is 0 Å². The van der Waals surface area contributed by atoms with Crippen molar-refractivity contribution in [3.8, 4) is 0 Å². The quantitative estimate of drug-likeness (QED) is 0.0886. The minimum atomic E-state index is -2.29. The van der Waals surface area contributed by atoms with Crippen LogP contribution >= 0.6 is 0 Å². The first-order valence-electron chi connectivity index (χ1n) is 11.3. The summed E-state index contributed by atoms with van der Waals surface area (Å²) in [5.41, 5.74) is 0. The molecule has 0 aliphatic heterocycles. The van der Waals surface area contributed by atoms with Gasteiger partial charge in [-0.3, -0.25) is 0 Å². The van der Waals surface area contributed by atoms with Crippen molar-refractivity contribution < 1.29 is 32.9 Å². The van der Waals surface area contributed by atoms with E-state index in [0.29, 0.717) is 6.42 Å². The number of hydrogen-bond donors (Lipinski definition) is 0. The van der Waals surface area contributed by atoms with Gasteiger partial charge in [-0.05, 0) is 24.6 Å². The summed E-state index contributed by atoms with van der Waals surface area (Å²) in [7, 11) is 0.857. The van der Waals surface area contributed by atoms with Gasteiger partial charge in [-0.2, -0.15) is 0 Å². The highest BCUT2D eigenvalue weighted by Gasteiger charge is 2.46. The van der Waals surface area contributed by atoms with Gasteiger partial charge in [0.15, 0.2) is 8.32 Å². The number of carbonyl (C=O) groups is 1. The molecule has 0 radical (unpaired) electrons. The van der Waals surface area contributed by atoms with E-state index in [1.165, 1.54) is 0 Å². The maximum Gasteiger partial charge on any atom is 0.330 e. The lowest BCUT2D eigenvalue weighted by Crippen LogP contribution is -2.56. The Labute approximate surface area is 196 Å². The van der Waals surface area contributed by atoms with Crippen molar-refractivity contribution in [2.75, 3.05) is 27.8 Å². The number of carbonyl (C=O) groups excluding carboxylic acids is 1. The number of unbranched alkanes of at least 4 members (excludes halogenated alkanes) is 1. The Balaban J connectivity index is 6.38. The molecule has 0 heterocycles. The molecule has 0 fully saturated rings. The second-order valence-corrected chi connectivity index (χ2v) is 14.1. The average Bonchev–Trinajstić information content (AvgIpc) is 2.72. The molecule has 0 amide bonds. The molecule has 0 saturated carbocycles. The molecule has 7 nitrogen and oxygen atoms in total. The van der Waals surface area contributed by atoms with E-state index in [4.69, 9.17) is 28.1 Å². The van der Waals surface area contributed by atoms with E-state index in [9.17, 15) is 4.79 Å². The van der Waals surface area contributed by atoms with Crippen molar-refractivity contribution in [1.82, 2.24) is 0 Å². The van der Waals surface area contributed by atoms with Gasteiger partial charge < -0.3 is 28.1 Å². The van der Waals surface area contributed by atoms with Crippen LogP contribution in [-0.4, -0.2) is 66.5 Å². The summed E-state index contributed by atoms with van der Waals surface area (Å²) in [5.74, 6) is -0.519. The largest absolute Gasteiger partial charge is 0.456 e. The van der Waals surface area contributed by atoms with E-state index in [0.717, 1.165) is 25.3 Å². The lowest BCUT2D eigenvalue weighted by Gasteiger charge is -2.44. The second kappa shape index (κ2) is 15.7. The van der Waals surface area contributed by atoms with Crippen LogP contribution in [0.1, 0.15) is 53.4 Å². The third-order valence-corrected chi connectivity index (χ3v) is 10.2. The van der Waals surface area contributed by atoms with Crippen molar-refractivity contribution in [2.24, 2.45) is 0 Å². The predicted molar refractivity (Wildman–Crippen MR) is 130 cm³/mol. The van der Waals surface area contributed by atoms with Gasteiger partial charge in [-0.1, -0.05) is 53.2 Å². The molecule has 0 bridgehead atoms. The van der Waals surface area contributed by atoms with Crippen LogP contribution in [0.5, 0.6) is 0 Å². The van der Waals surface area contributed by atoms with Crippen LogP contribution < -0.4 is 0 Å². The Morgan fingerprint density at radius 3 is 2.06 bits per heavy atom. The highest BCUT2D eigenvalue weighted by molar-refractivity contribution is 6.74. The molecule has 0 aromatic heterocycles. The summed E-state index contributed by atoms with van der Waals surface area (Å²) < 4.78 is 35.2. The summed E-state index contributed by atoms with van der Waals surface area (Å²) in [4.78, 5) is 12.2. The van der Waals surface area contributed by atoms with Gasteiger partial charge in [0.1, 0.15) is 31.9 Å². The third kappa shape index (κ3) is 10.7. The molecule has 8 heteroatoms. The second-order valence-electron chi connectivity index (χ2n) is 9.34. The molecule has 0 aliphatic carbocycles. The van der Waals surface area contributed by atoms with E-state index in [1.54, 1.807) is 20.3 Å². The highest BCUT2D eigenvalue weighted by Crippen LogP contribution is 2.39. The van der Waals surface area contributed by atoms with E-state index in [-0.39, 0.29) is 24.7 Å². The Bertz CT molecular complexity index is 537. The predicted octanol–water partition coefficient (Wildman–Crippen LogP) is 5.22. The van der Waals surface area contributed by atoms with Crippen LogP contribution in [0, 0.1) is 0 Å². The zero-order valence-electron chi connectivity index (χ0n) is 21.5. The molecular formula is C24H46O7Si. The van der Waals surface area contributed by atoms with E-state index in [1.807, 2.05) is 0 Å². The fourth-order valence-corrected chi connectivity index (χ4v) is 4.27. The molecule has 0 aromatic rings. The minimum Gasteiger partial charge on any atom is -0.456 e. The minimum absolute atomic E-state index is 0.0528. The molecule has 188 valence electrons. The highest BCUT2D eigenvalue weighted by atomic mass is 28.4. The Hall–Kier alpha value is -1.03. The van der Waals surface area contributed by atoms with Gasteiger partial charge in [0.05, 0.1) is 6.10 Å². The van der Waals surface area contributed by atoms with Gasteiger partial charge in [0.2, 0.25) is 0 Å². The molecule has 32 heavy (non-hydrogen) atoms. The lowest BCUT2D eigenvalue weighted by atomic mass is 9.97. The lowest BCUT2D eigenvalue weighted by molar-refractivity contribution is -0.202. The summed E-state index contributed by atoms with van der Waals surface area (Å²) >= 11 is 0. The summed E-state index contributed by atoms with van der Waals surface area (Å²) in [6.45, 7) is 20.5. The Morgan fingerprint density at radius 2 is 1.59 bits per heavy atom. The first-order valence-corrected chi connectivity index (χ1v) is 14.2. The normalized spacial score (nSPS) is 16.1. The number of methoxy groups -OCH3 is 2. The van der Waals surface area contributed by atoms with Crippen LogP contribution in [0.15, 0.2) is 25.3 Å². The monoisotopic (exact) mass is 474 g/mol. The zero-order chi connectivity index (χ0) is 24.8. The molecule has 0 aromatic carbocycles. The van der Waals surface area contributed by atoms with Crippen molar-refractivity contribution in [1.29, 1.82) is 0 Å². The average molecular weight is 475 g/mol. The number of ether oxygens (including phenoxy) is 5. The maximum absolute atomic E-state index is 12.2. The molecule has 0 rings (SSSR count). The third-order valence-electron chi connectivity index (χ3n) is 5.75. The van der Waals surface area contributed by atoms with Gasteiger partial charge in [-0.25, -0.2) is 4.79 Å². The number of esters is 1. The van der Waals surface area contributed by atoms with Gasteiger partial charge >= 0.3 is 5.97 Å². The van der Waals surface area contributed by atoms with Crippen molar-refractivity contribution in [3.63, 3.8) is 0 Å². The molecule has 0 N–H and O–H groups in total. The van der Waals surface area contributed by atoms with Gasteiger partial charge in [0.25, 0.3) is 0 Å². The van der Waals surface area contributed by atoms with Crippen LogP contribution in [-0.2, 0) is 32.9 Å².